The fraction of sp³-hybridized carbons (Fsp3) is 0.538. The molecule has 6 nitrogen and oxygen atoms in total. The SMILES string of the molecule is O=[S@](CCNS(=O)(=O)N1CCOCC1)Cc1ccccc1. The van der Waals surface area contributed by atoms with E-state index in [4.69, 9.17) is 4.74 Å². The first kappa shape index (κ1) is 16.6. The van der Waals surface area contributed by atoms with Crippen molar-refractivity contribution < 1.29 is 17.4 Å². The van der Waals surface area contributed by atoms with Gasteiger partial charge in [-0.15, -0.1) is 0 Å². The minimum absolute atomic E-state index is 0.180. The van der Waals surface area contributed by atoms with Gasteiger partial charge in [0.2, 0.25) is 0 Å². The molecule has 21 heavy (non-hydrogen) atoms. The standard InChI is InChI=1S/C13H20N2O4S2/c16-20(12-13-4-2-1-3-5-13)11-6-14-21(17,18)15-7-9-19-10-8-15/h1-5,14H,6-12H2/t20-/m1/s1. The Morgan fingerprint density at radius 3 is 2.52 bits per heavy atom. The predicted molar refractivity (Wildman–Crippen MR) is 82.5 cm³/mol. The third kappa shape index (κ3) is 5.48. The van der Waals surface area contributed by atoms with Crippen molar-refractivity contribution in [3.05, 3.63) is 35.9 Å². The molecule has 118 valence electrons. The minimum atomic E-state index is -3.48. The van der Waals surface area contributed by atoms with Crippen LogP contribution in [0.4, 0.5) is 0 Å². The highest BCUT2D eigenvalue weighted by molar-refractivity contribution is 7.87. The highest BCUT2D eigenvalue weighted by atomic mass is 32.2. The molecule has 0 saturated carbocycles. The van der Waals surface area contributed by atoms with Gasteiger partial charge in [-0.25, -0.2) is 4.72 Å². The van der Waals surface area contributed by atoms with Crippen molar-refractivity contribution in [1.82, 2.24) is 9.03 Å². The van der Waals surface area contributed by atoms with Crippen LogP contribution in [0.1, 0.15) is 5.56 Å². The Morgan fingerprint density at radius 2 is 1.86 bits per heavy atom. The van der Waals surface area contributed by atoms with Crippen LogP contribution in [-0.4, -0.2) is 55.5 Å². The predicted octanol–water partition coefficient (Wildman–Crippen LogP) is 0.102. The van der Waals surface area contributed by atoms with E-state index in [9.17, 15) is 12.6 Å². The zero-order valence-corrected chi connectivity index (χ0v) is 13.4. The van der Waals surface area contributed by atoms with Crippen LogP contribution in [0, 0.1) is 0 Å². The molecule has 1 aliphatic heterocycles. The third-order valence-corrected chi connectivity index (χ3v) is 6.02. The number of nitrogens with zero attached hydrogens (tertiary/aromatic N) is 1. The van der Waals surface area contributed by atoms with Gasteiger partial charge < -0.3 is 4.74 Å². The summed E-state index contributed by atoms with van der Waals surface area (Å²) in [6.45, 7) is 1.74. The molecular formula is C13H20N2O4S2. The van der Waals surface area contributed by atoms with Crippen LogP contribution in [0.3, 0.4) is 0 Å². The smallest absolute Gasteiger partial charge is 0.279 e. The first-order valence-corrected chi connectivity index (χ1v) is 9.72. The zero-order chi connectivity index (χ0) is 15.1. The Kier molecular flexibility index (Phi) is 6.31. The molecule has 1 aliphatic rings. The molecular weight excluding hydrogens is 312 g/mol. The Balaban J connectivity index is 1.74. The molecule has 1 aromatic carbocycles. The summed E-state index contributed by atoms with van der Waals surface area (Å²) in [7, 11) is -4.56. The summed E-state index contributed by atoms with van der Waals surface area (Å²) < 4.78 is 44.9. The van der Waals surface area contributed by atoms with Gasteiger partial charge >= 0.3 is 0 Å². The quantitative estimate of drug-likeness (QED) is 0.768. The lowest BCUT2D eigenvalue weighted by Gasteiger charge is -2.26. The summed E-state index contributed by atoms with van der Waals surface area (Å²) in [4.78, 5) is 0. The maximum atomic E-state index is 12.0. The third-order valence-electron chi connectivity index (χ3n) is 3.09. The topological polar surface area (TPSA) is 75.7 Å². The van der Waals surface area contributed by atoms with Gasteiger partial charge in [0.05, 0.1) is 13.2 Å². The summed E-state index contributed by atoms with van der Waals surface area (Å²) in [6.07, 6.45) is 0. The molecule has 1 N–H and O–H groups in total. The highest BCUT2D eigenvalue weighted by Gasteiger charge is 2.23. The van der Waals surface area contributed by atoms with E-state index < -0.39 is 21.0 Å². The molecule has 1 fully saturated rings. The number of nitrogens with one attached hydrogen (secondary N) is 1. The van der Waals surface area contributed by atoms with Gasteiger partial charge in [-0.3, -0.25) is 4.21 Å². The van der Waals surface area contributed by atoms with Gasteiger partial charge in [-0.2, -0.15) is 12.7 Å². The highest BCUT2D eigenvalue weighted by Crippen LogP contribution is 2.04. The summed E-state index contributed by atoms with van der Waals surface area (Å²) >= 11 is 0. The summed E-state index contributed by atoms with van der Waals surface area (Å²) in [5, 5.41) is 0. The van der Waals surface area contributed by atoms with Gasteiger partial charge in [0.15, 0.2) is 0 Å². The van der Waals surface area contributed by atoms with Crippen LogP contribution < -0.4 is 4.72 Å². The molecule has 1 saturated heterocycles. The molecule has 1 atom stereocenters. The lowest BCUT2D eigenvalue weighted by Crippen LogP contribution is -2.47. The average Bonchev–Trinajstić information content (AvgIpc) is 2.49. The van der Waals surface area contributed by atoms with Crippen molar-refractivity contribution >= 4 is 21.0 Å². The van der Waals surface area contributed by atoms with E-state index in [0.29, 0.717) is 37.8 Å². The van der Waals surface area contributed by atoms with Gasteiger partial charge in [0.1, 0.15) is 0 Å². The molecule has 1 aromatic rings. The lowest BCUT2D eigenvalue weighted by atomic mass is 10.2. The van der Waals surface area contributed by atoms with E-state index in [-0.39, 0.29) is 6.54 Å². The minimum Gasteiger partial charge on any atom is -0.379 e. The number of rotatable bonds is 7. The monoisotopic (exact) mass is 332 g/mol. The fourth-order valence-corrected chi connectivity index (χ4v) is 4.33. The molecule has 1 heterocycles. The summed E-state index contributed by atoms with van der Waals surface area (Å²) in [5.74, 6) is 0.749. The van der Waals surface area contributed by atoms with Crippen molar-refractivity contribution in [2.24, 2.45) is 0 Å². The Labute approximate surface area is 128 Å². The normalized spacial score (nSPS) is 18.5. The van der Waals surface area contributed by atoms with Crippen molar-refractivity contribution in [1.29, 1.82) is 0 Å². The Hall–Kier alpha value is -0.800. The molecule has 0 radical (unpaired) electrons. The summed E-state index contributed by atoms with van der Waals surface area (Å²) in [6, 6.07) is 9.52. The van der Waals surface area contributed by atoms with Crippen LogP contribution in [0.25, 0.3) is 0 Å². The zero-order valence-electron chi connectivity index (χ0n) is 11.7. The first-order valence-electron chi connectivity index (χ1n) is 6.79. The molecule has 0 bridgehead atoms. The van der Waals surface area contributed by atoms with Gasteiger partial charge in [-0.1, -0.05) is 30.3 Å². The van der Waals surface area contributed by atoms with Crippen LogP contribution in [0.15, 0.2) is 30.3 Å². The molecule has 0 spiro atoms. The fourth-order valence-electron chi connectivity index (χ4n) is 2.00. The second-order valence-corrected chi connectivity index (χ2v) is 8.02. The molecule has 8 heteroatoms. The molecule has 0 unspecified atom stereocenters. The number of hydrogen-bond acceptors (Lipinski definition) is 4. The number of ether oxygens (including phenoxy) is 1. The van der Waals surface area contributed by atoms with E-state index in [1.165, 1.54) is 4.31 Å². The Morgan fingerprint density at radius 1 is 1.19 bits per heavy atom. The largest absolute Gasteiger partial charge is 0.379 e. The van der Waals surface area contributed by atoms with E-state index in [2.05, 4.69) is 4.72 Å². The molecule has 0 aromatic heterocycles. The van der Waals surface area contributed by atoms with Crippen molar-refractivity contribution in [2.75, 3.05) is 38.6 Å². The van der Waals surface area contributed by atoms with Gasteiger partial charge in [0.25, 0.3) is 10.2 Å². The number of morpholine rings is 1. The maximum absolute atomic E-state index is 12.0. The number of hydrogen-bond donors (Lipinski definition) is 1. The van der Waals surface area contributed by atoms with Crippen LogP contribution in [0.2, 0.25) is 0 Å². The van der Waals surface area contributed by atoms with E-state index >= 15 is 0 Å². The van der Waals surface area contributed by atoms with E-state index in [0.717, 1.165) is 5.56 Å². The van der Waals surface area contributed by atoms with Crippen molar-refractivity contribution in [3.63, 3.8) is 0 Å². The molecule has 0 aliphatic carbocycles. The molecule has 2 rings (SSSR count). The second-order valence-electron chi connectivity index (χ2n) is 4.68. The van der Waals surface area contributed by atoms with Crippen LogP contribution in [0.5, 0.6) is 0 Å². The van der Waals surface area contributed by atoms with Gasteiger partial charge in [-0.05, 0) is 5.56 Å². The first-order chi connectivity index (χ1) is 10.1. The van der Waals surface area contributed by atoms with Crippen molar-refractivity contribution in [3.8, 4) is 0 Å². The van der Waals surface area contributed by atoms with Crippen LogP contribution in [-0.2, 0) is 31.5 Å². The summed E-state index contributed by atoms with van der Waals surface area (Å²) in [5.41, 5.74) is 0.992. The lowest BCUT2D eigenvalue weighted by molar-refractivity contribution is 0.0725. The van der Waals surface area contributed by atoms with Crippen molar-refractivity contribution in [2.45, 2.75) is 5.75 Å². The molecule has 0 amide bonds. The van der Waals surface area contributed by atoms with Crippen LogP contribution >= 0.6 is 0 Å². The number of benzene rings is 1. The van der Waals surface area contributed by atoms with Gasteiger partial charge in [0, 0.05) is 41.9 Å². The average molecular weight is 332 g/mol. The second kappa shape index (κ2) is 8.00. The van der Waals surface area contributed by atoms with E-state index in [1.54, 1.807) is 0 Å². The maximum Gasteiger partial charge on any atom is 0.279 e. The van der Waals surface area contributed by atoms with E-state index in [1.807, 2.05) is 30.3 Å². The Bertz CT molecular complexity index is 557.